The molecule has 0 aromatic heterocycles. The average molecular weight is 280 g/mol. The Bertz CT molecular complexity index is 615. The van der Waals surface area contributed by atoms with Gasteiger partial charge >= 0.3 is 0 Å². The molecule has 0 bridgehead atoms. The van der Waals surface area contributed by atoms with E-state index in [9.17, 15) is 8.78 Å². The van der Waals surface area contributed by atoms with Gasteiger partial charge in [0.1, 0.15) is 11.6 Å². The number of oxime groups is 1. The van der Waals surface area contributed by atoms with E-state index in [4.69, 9.17) is 10.9 Å². The lowest BCUT2D eigenvalue weighted by atomic mass is 10.2. The van der Waals surface area contributed by atoms with E-state index in [1.54, 1.807) is 24.3 Å². The predicted molar refractivity (Wildman–Crippen MR) is 69.4 cm³/mol. The Hall–Kier alpha value is -2.08. The van der Waals surface area contributed by atoms with Gasteiger partial charge < -0.3 is 10.9 Å². The summed E-state index contributed by atoms with van der Waals surface area (Å²) in [4.78, 5) is 0.926. The fraction of sp³-hybridized carbons (Fsp3) is 0. The zero-order valence-electron chi connectivity index (χ0n) is 9.68. The van der Waals surface area contributed by atoms with Gasteiger partial charge in [-0.1, -0.05) is 29.1 Å². The molecule has 6 heteroatoms. The number of nitrogens with zero attached hydrogens (tertiary/aromatic N) is 1. The SMILES string of the molecule is N/C(=N\O)c1ccc(Sc2cc(F)ccc2F)cc1. The van der Waals surface area contributed by atoms with Gasteiger partial charge in [0, 0.05) is 10.5 Å². The van der Waals surface area contributed by atoms with E-state index in [1.807, 2.05) is 0 Å². The molecule has 2 aromatic carbocycles. The summed E-state index contributed by atoms with van der Waals surface area (Å²) in [7, 11) is 0. The van der Waals surface area contributed by atoms with Crippen LogP contribution in [0.15, 0.2) is 57.4 Å². The van der Waals surface area contributed by atoms with Crippen molar-refractivity contribution >= 4 is 17.6 Å². The van der Waals surface area contributed by atoms with Crippen LogP contribution in [0.5, 0.6) is 0 Å². The minimum Gasteiger partial charge on any atom is -0.409 e. The van der Waals surface area contributed by atoms with Crippen molar-refractivity contribution in [3.63, 3.8) is 0 Å². The molecule has 98 valence electrons. The van der Waals surface area contributed by atoms with Crippen LogP contribution in [-0.2, 0) is 0 Å². The van der Waals surface area contributed by atoms with Crippen molar-refractivity contribution in [2.24, 2.45) is 10.9 Å². The third-order valence-corrected chi connectivity index (χ3v) is 3.42. The molecule has 0 aliphatic rings. The minimum absolute atomic E-state index is 0.00603. The summed E-state index contributed by atoms with van der Waals surface area (Å²) >= 11 is 1.10. The Morgan fingerprint density at radius 2 is 1.79 bits per heavy atom. The molecule has 2 aromatic rings. The van der Waals surface area contributed by atoms with E-state index < -0.39 is 11.6 Å². The van der Waals surface area contributed by atoms with Crippen LogP contribution in [0, 0.1) is 11.6 Å². The Labute approximate surface area is 112 Å². The number of amidine groups is 1. The second-order valence-electron chi connectivity index (χ2n) is 3.69. The van der Waals surface area contributed by atoms with Gasteiger partial charge in [0.2, 0.25) is 0 Å². The highest BCUT2D eigenvalue weighted by Crippen LogP contribution is 2.30. The molecule has 0 saturated heterocycles. The lowest BCUT2D eigenvalue weighted by Crippen LogP contribution is -2.12. The first-order valence-electron chi connectivity index (χ1n) is 5.31. The normalized spacial score (nSPS) is 11.6. The second kappa shape index (κ2) is 5.71. The van der Waals surface area contributed by atoms with Crippen LogP contribution in [0.2, 0.25) is 0 Å². The molecule has 0 unspecified atom stereocenters. The molecule has 19 heavy (non-hydrogen) atoms. The molecule has 0 spiro atoms. The van der Waals surface area contributed by atoms with Crippen molar-refractivity contribution in [1.82, 2.24) is 0 Å². The highest BCUT2D eigenvalue weighted by molar-refractivity contribution is 7.99. The van der Waals surface area contributed by atoms with E-state index in [2.05, 4.69) is 5.16 Å². The summed E-state index contributed by atoms with van der Waals surface area (Å²) in [5, 5.41) is 11.4. The molecule has 2 rings (SSSR count). The molecule has 0 aliphatic carbocycles. The van der Waals surface area contributed by atoms with Gasteiger partial charge in [-0.25, -0.2) is 8.78 Å². The van der Waals surface area contributed by atoms with Gasteiger partial charge in [0.05, 0.1) is 4.90 Å². The number of nitrogens with two attached hydrogens (primary N) is 1. The highest BCUT2D eigenvalue weighted by Gasteiger charge is 2.06. The van der Waals surface area contributed by atoms with Gasteiger partial charge in [-0.3, -0.25) is 0 Å². The summed E-state index contributed by atoms with van der Waals surface area (Å²) in [5.74, 6) is -0.974. The van der Waals surface area contributed by atoms with Crippen molar-refractivity contribution in [2.75, 3.05) is 0 Å². The number of halogens is 2. The number of rotatable bonds is 3. The summed E-state index contributed by atoms with van der Waals surface area (Å²) in [6.45, 7) is 0. The molecule has 0 aliphatic heterocycles. The maximum Gasteiger partial charge on any atom is 0.170 e. The maximum atomic E-state index is 13.5. The van der Waals surface area contributed by atoms with Gasteiger partial charge in [-0.15, -0.1) is 0 Å². The van der Waals surface area contributed by atoms with Crippen LogP contribution < -0.4 is 5.73 Å². The summed E-state index contributed by atoms with van der Waals surface area (Å²) < 4.78 is 26.5. The lowest BCUT2D eigenvalue weighted by Gasteiger charge is -2.04. The molecule has 0 saturated carbocycles. The van der Waals surface area contributed by atoms with E-state index in [-0.39, 0.29) is 10.7 Å². The highest BCUT2D eigenvalue weighted by atomic mass is 32.2. The van der Waals surface area contributed by atoms with Crippen molar-refractivity contribution in [3.05, 3.63) is 59.7 Å². The summed E-state index contributed by atoms with van der Waals surface area (Å²) in [5.41, 5.74) is 5.97. The third-order valence-electron chi connectivity index (χ3n) is 2.38. The first kappa shape index (κ1) is 13.4. The van der Waals surface area contributed by atoms with Crippen LogP contribution in [0.25, 0.3) is 0 Å². The first-order chi connectivity index (χ1) is 9.10. The number of hydrogen-bond acceptors (Lipinski definition) is 3. The maximum absolute atomic E-state index is 13.5. The quantitative estimate of drug-likeness (QED) is 0.393. The zero-order chi connectivity index (χ0) is 13.8. The fourth-order valence-electron chi connectivity index (χ4n) is 1.43. The first-order valence-corrected chi connectivity index (χ1v) is 6.12. The Morgan fingerprint density at radius 3 is 2.42 bits per heavy atom. The standard InChI is InChI=1S/C13H10F2N2OS/c14-9-3-6-11(15)12(7-9)19-10-4-1-8(2-5-10)13(16)17-18/h1-7,18H,(H2,16,17). The minimum atomic E-state index is -0.489. The Kier molecular flexibility index (Phi) is 4.01. The van der Waals surface area contributed by atoms with Crippen molar-refractivity contribution in [2.45, 2.75) is 9.79 Å². The molecular weight excluding hydrogens is 270 g/mol. The van der Waals surface area contributed by atoms with Crippen molar-refractivity contribution in [3.8, 4) is 0 Å². The predicted octanol–water partition coefficient (Wildman–Crippen LogP) is 3.21. The van der Waals surface area contributed by atoms with Crippen LogP contribution in [-0.4, -0.2) is 11.0 Å². The largest absolute Gasteiger partial charge is 0.409 e. The fourth-order valence-corrected chi connectivity index (χ4v) is 2.30. The monoisotopic (exact) mass is 280 g/mol. The van der Waals surface area contributed by atoms with Crippen molar-refractivity contribution in [1.29, 1.82) is 0 Å². The molecule has 0 atom stereocenters. The summed E-state index contributed by atoms with van der Waals surface area (Å²) in [6, 6.07) is 9.93. The van der Waals surface area contributed by atoms with Gasteiger partial charge in [-0.05, 0) is 30.3 Å². The molecule has 3 nitrogen and oxygen atoms in total. The number of hydrogen-bond donors (Lipinski definition) is 2. The second-order valence-corrected chi connectivity index (χ2v) is 4.80. The topological polar surface area (TPSA) is 58.6 Å². The van der Waals surface area contributed by atoms with Gasteiger partial charge in [-0.2, -0.15) is 0 Å². The molecular formula is C13H10F2N2OS. The van der Waals surface area contributed by atoms with E-state index in [0.717, 1.165) is 34.9 Å². The summed E-state index contributed by atoms with van der Waals surface area (Å²) in [6.07, 6.45) is 0. The van der Waals surface area contributed by atoms with Gasteiger partial charge in [0.15, 0.2) is 5.84 Å². The molecule has 0 amide bonds. The van der Waals surface area contributed by atoms with Crippen LogP contribution in [0.4, 0.5) is 8.78 Å². The van der Waals surface area contributed by atoms with E-state index in [0.29, 0.717) is 5.56 Å². The van der Waals surface area contributed by atoms with E-state index in [1.165, 1.54) is 0 Å². The van der Waals surface area contributed by atoms with Crippen LogP contribution >= 0.6 is 11.8 Å². The van der Waals surface area contributed by atoms with Crippen LogP contribution in [0.1, 0.15) is 5.56 Å². The Balaban J connectivity index is 2.22. The molecule has 0 heterocycles. The van der Waals surface area contributed by atoms with Crippen LogP contribution in [0.3, 0.4) is 0 Å². The third kappa shape index (κ3) is 3.23. The average Bonchev–Trinajstić information content (AvgIpc) is 2.43. The van der Waals surface area contributed by atoms with Crippen molar-refractivity contribution < 1.29 is 14.0 Å². The number of benzene rings is 2. The molecule has 3 N–H and O–H groups in total. The smallest absolute Gasteiger partial charge is 0.170 e. The zero-order valence-corrected chi connectivity index (χ0v) is 10.5. The lowest BCUT2D eigenvalue weighted by molar-refractivity contribution is 0.318. The van der Waals surface area contributed by atoms with E-state index >= 15 is 0 Å². The molecule has 0 fully saturated rings. The molecule has 0 radical (unpaired) electrons. The Morgan fingerprint density at radius 1 is 1.11 bits per heavy atom. The van der Waals surface area contributed by atoms with Gasteiger partial charge in [0.25, 0.3) is 0 Å².